The summed E-state index contributed by atoms with van der Waals surface area (Å²) in [6, 6.07) is 17.5. The molecular weight excluding hydrogens is 290 g/mol. The van der Waals surface area contributed by atoms with E-state index in [1.165, 1.54) is 0 Å². The minimum Gasteiger partial charge on any atom is -0.484 e. The molecule has 0 radical (unpaired) electrons. The number of carbonyl (C=O) groups excluding carboxylic acids is 1. The quantitative estimate of drug-likeness (QED) is 0.855. The SMILES string of the molecule is O=C(COc1ccc(CO)cc1)N(Cc1ccccc1)C1CC1. The molecule has 120 valence electrons. The lowest BCUT2D eigenvalue weighted by Gasteiger charge is -2.22. The molecule has 1 aliphatic rings. The van der Waals surface area contributed by atoms with Crippen LogP contribution in [0, 0.1) is 0 Å². The second kappa shape index (κ2) is 7.29. The van der Waals surface area contributed by atoms with Crippen molar-refractivity contribution in [2.45, 2.75) is 32.0 Å². The van der Waals surface area contributed by atoms with Crippen molar-refractivity contribution in [2.75, 3.05) is 6.61 Å². The van der Waals surface area contributed by atoms with Crippen LogP contribution >= 0.6 is 0 Å². The van der Waals surface area contributed by atoms with Gasteiger partial charge in [-0.3, -0.25) is 4.79 Å². The third kappa shape index (κ3) is 4.33. The van der Waals surface area contributed by atoms with Gasteiger partial charge in [0.05, 0.1) is 6.61 Å². The molecular formula is C19H21NO3. The highest BCUT2D eigenvalue weighted by atomic mass is 16.5. The minimum atomic E-state index is 0.00570. The van der Waals surface area contributed by atoms with Crippen LogP contribution in [0.1, 0.15) is 24.0 Å². The van der Waals surface area contributed by atoms with E-state index >= 15 is 0 Å². The van der Waals surface area contributed by atoms with Gasteiger partial charge in [-0.15, -0.1) is 0 Å². The zero-order valence-corrected chi connectivity index (χ0v) is 13.0. The van der Waals surface area contributed by atoms with Crippen molar-refractivity contribution in [2.24, 2.45) is 0 Å². The van der Waals surface area contributed by atoms with Crippen molar-refractivity contribution in [3.8, 4) is 5.75 Å². The number of nitrogens with zero attached hydrogens (tertiary/aromatic N) is 1. The second-order valence-electron chi connectivity index (χ2n) is 5.83. The fourth-order valence-corrected chi connectivity index (χ4v) is 2.51. The van der Waals surface area contributed by atoms with Gasteiger partial charge < -0.3 is 14.7 Å². The molecule has 23 heavy (non-hydrogen) atoms. The molecule has 1 aliphatic carbocycles. The minimum absolute atomic E-state index is 0.00570. The summed E-state index contributed by atoms with van der Waals surface area (Å²) in [6.07, 6.45) is 2.15. The van der Waals surface area contributed by atoms with Gasteiger partial charge in [0.1, 0.15) is 5.75 Å². The van der Waals surface area contributed by atoms with Crippen molar-refractivity contribution >= 4 is 5.91 Å². The Morgan fingerprint density at radius 2 is 1.74 bits per heavy atom. The molecule has 2 aromatic carbocycles. The van der Waals surface area contributed by atoms with E-state index in [0.29, 0.717) is 18.3 Å². The van der Waals surface area contributed by atoms with Crippen LogP contribution in [-0.4, -0.2) is 28.6 Å². The number of ether oxygens (including phenoxy) is 1. The van der Waals surface area contributed by atoms with Gasteiger partial charge >= 0.3 is 0 Å². The Kier molecular flexibility index (Phi) is 4.93. The van der Waals surface area contributed by atoms with E-state index < -0.39 is 0 Å². The van der Waals surface area contributed by atoms with Gasteiger partial charge in [0.25, 0.3) is 5.91 Å². The third-order valence-electron chi connectivity index (χ3n) is 3.97. The van der Waals surface area contributed by atoms with Crippen LogP contribution in [0.2, 0.25) is 0 Å². The van der Waals surface area contributed by atoms with Gasteiger partial charge in [-0.05, 0) is 36.1 Å². The van der Waals surface area contributed by atoms with Crippen LogP contribution in [0.25, 0.3) is 0 Å². The van der Waals surface area contributed by atoms with Crippen LogP contribution in [0.5, 0.6) is 5.75 Å². The monoisotopic (exact) mass is 311 g/mol. The summed E-state index contributed by atoms with van der Waals surface area (Å²) >= 11 is 0. The van der Waals surface area contributed by atoms with Crippen molar-refractivity contribution in [3.05, 3.63) is 65.7 Å². The summed E-state index contributed by atoms with van der Waals surface area (Å²) in [5.41, 5.74) is 1.97. The molecule has 0 aromatic heterocycles. The van der Waals surface area contributed by atoms with Crippen LogP contribution in [0.4, 0.5) is 0 Å². The summed E-state index contributed by atoms with van der Waals surface area (Å²) in [5.74, 6) is 0.661. The van der Waals surface area contributed by atoms with Gasteiger partial charge in [-0.1, -0.05) is 42.5 Å². The lowest BCUT2D eigenvalue weighted by molar-refractivity contribution is -0.134. The predicted molar refractivity (Wildman–Crippen MR) is 87.9 cm³/mol. The molecule has 3 rings (SSSR count). The first-order chi connectivity index (χ1) is 11.3. The Morgan fingerprint density at radius 1 is 1.04 bits per heavy atom. The number of carbonyl (C=O) groups is 1. The van der Waals surface area contributed by atoms with Gasteiger partial charge in [0.15, 0.2) is 6.61 Å². The van der Waals surface area contributed by atoms with E-state index in [4.69, 9.17) is 9.84 Å². The largest absolute Gasteiger partial charge is 0.484 e. The summed E-state index contributed by atoms with van der Waals surface area (Å²) in [4.78, 5) is 14.4. The molecule has 1 fully saturated rings. The molecule has 0 unspecified atom stereocenters. The first-order valence-corrected chi connectivity index (χ1v) is 7.92. The standard InChI is InChI=1S/C19H21NO3/c21-13-16-6-10-18(11-7-16)23-14-19(22)20(17-8-9-17)12-15-4-2-1-3-5-15/h1-7,10-11,17,21H,8-9,12-14H2. The zero-order chi connectivity index (χ0) is 16.1. The van der Waals surface area contributed by atoms with Gasteiger partial charge in [0.2, 0.25) is 0 Å². The van der Waals surface area contributed by atoms with Crippen molar-refractivity contribution in [1.29, 1.82) is 0 Å². The van der Waals surface area contributed by atoms with Crippen molar-refractivity contribution in [3.63, 3.8) is 0 Å². The molecule has 0 aliphatic heterocycles. The Bertz CT molecular complexity index is 635. The third-order valence-corrected chi connectivity index (χ3v) is 3.97. The fourth-order valence-electron chi connectivity index (χ4n) is 2.51. The Hall–Kier alpha value is -2.33. The Labute approximate surface area is 136 Å². The first kappa shape index (κ1) is 15.6. The average molecular weight is 311 g/mol. The molecule has 2 aromatic rings. The molecule has 4 heteroatoms. The van der Waals surface area contributed by atoms with E-state index in [1.807, 2.05) is 35.2 Å². The summed E-state index contributed by atoms with van der Waals surface area (Å²) < 4.78 is 5.59. The lowest BCUT2D eigenvalue weighted by Crippen LogP contribution is -2.36. The molecule has 0 bridgehead atoms. The van der Waals surface area contributed by atoms with Crippen LogP contribution in [-0.2, 0) is 17.9 Å². The number of rotatable bonds is 7. The van der Waals surface area contributed by atoms with Gasteiger partial charge in [-0.2, -0.15) is 0 Å². The van der Waals surface area contributed by atoms with Gasteiger partial charge in [0, 0.05) is 12.6 Å². The second-order valence-corrected chi connectivity index (χ2v) is 5.83. The molecule has 4 nitrogen and oxygen atoms in total. The highest BCUT2D eigenvalue weighted by Gasteiger charge is 2.32. The zero-order valence-electron chi connectivity index (χ0n) is 13.0. The summed E-state index contributed by atoms with van der Waals surface area (Å²) in [5, 5.41) is 9.03. The normalized spacial score (nSPS) is 13.6. The lowest BCUT2D eigenvalue weighted by atomic mass is 10.2. The number of aliphatic hydroxyl groups excluding tert-OH is 1. The van der Waals surface area contributed by atoms with Crippen LogP contribution < -0.4 is 4.74 Å². The van der Waals surface area contributed by atoms with E-state index in [-0.39, 0.29) is 19.1 Å². The van der Waals surface area contributed by atoms with E-state index in [9.17, 15) is 4.79 Å². The maximum absolute atomic E-state index is 12.5. The van der Waals surface area contributed by atoms with E-state index in [1.54, 1.807) is 24.3 Å². The fraction of sp³-hybridized carbons (Fsp3) is 0.316. The molecule has 0 atom stereocenters. The number of amides is 1. The van der Waals surface area contributed by atoms with Gasteiger partial charge in [-0.25, -0.2) is 0 Å². The number of aliphatic hydroxyl groups is 1. The molecule has 1 amide bonds. The molecule has 0 heterocycles. The maximum Gasteiger partial charge on any atom is 0.261 e. The highest BCUT2D eigenvalue weighted by Crippen LogP contribution is 2.28. The topological polar surface area (TPSA) is 49.8 Å². The summed E-state index contributed by atoms with van der Waals surface area (Å²) in [6.45, 7) is 0.685. The van der Waals surface area contributed by atoms with E-state index in [0.717, 1.165) is 24.0 Å². The predicted octanol–water partition coefficient (Wildman–Crippen LogP) is 2.75. The number of benzene rings is 2. The first-order valence-electron chi connectivity index (χ1n) is 7.92. The Balaban J connectivity index is 1.58. The van der Waals surface area contributed by atoms with Crippen LogP contribution in [0.15, 0.2) is 54.6 Å². The highest BCUT2D eigenvalue weighted by molar-refractivity contribution is 5.78. The number of hydrogen-bond acceptors (Lipinski definition) is 3. The molecule has 0 saturated heterocycles. The van der Waals surface area contributed by atoms with Crippen LogP contribution in [0.3, 0.4) is 0 Å². The maximum atomic E-state index is 12.5. The van der Waals surface area contributed by atoms with E-state index in [2.05, 4.69) is 0 Å². The summed E-state index contributed by atoms with van der Waals surface area (Å²) in [7, 11) is 0. The smallest absolute Gasteiger partial charge is 0.261 e. The molecule has 1 saturated carbocycles. The Morgan fingerprint density at radius 3 is 2.35 bits per heavy atom. The molecule has 1 N–H and O–H groups in total. The average Bonchev–Trinajstić information content (AvgIpc) is 3.44. The molecule has 0 spiro atoms. The van der Waals surface area contributed by atoms with Crippen molar-refractivity contribution < 1.29 is 14.6 Å². The number of hydrogen-bond donors (Lipinski definition) is 1. The van der Waals surface area contributed by atoms with Crippen molar-refractivity contribution in [1.82, 2.24) is 4.90 Å².